The molecule has 0 amide bonds. The first kappa shape index (κ1) is 28.1. The fourth-order valence-electron chi connectivity index (χ4n) is 6.00. The Balaban J connectivity index is 1.68. The van der Waals surface area contributed by atoms with Crippen LogP contribution in [0.2, 0.25) is 0 Å². The maximum atomic E-state index is 13.7. The molecule has 0 spiro atoms. The van der Waals surface area contributed by atoms with E-state index in [0.717, 1.165) is 0 Å². The average molecular weight is 558 g/mol. The number of fused-ring (bicyclic) bond motifs is 3. The van der Waals surface area contributed by atoms with Crippen LogP contribution in [0.5, 0.6) is 17.2 Å². The summed E-state index contributed by atoms with van der Waals surface area (Å²) in [4.78, 5) is 39.9. The van der Waals surface area contributed by atoms with Gasteiger partial charge in [0.25, 0.3) is 0 Å². The second-order valence-electron chi connectivity index (χ2n) is 10.4. The number of likely N-dealkylation sites (N-methyl/N-ethyl adjacent to an activating group) is 1. The van der Waals surface area contributed by atoms with Crippen molar-refractivity contribution in [2.24, 2.45) is 0 Å². The molecule has 0 bridgehead atoms. The zero-order valence-corrected chi connectivity index (χ0v) is 22.1. The maximum absolute atomic E-state index is 13.7. The summed E-state index contributed by atoms with van der Waals surface area (Å²) in [5.41, 5.74) is -3.52. The van der Waals surface area contributed by atoms with Gasteiger partial charge in [-0.2, -0.15) is 0 Å². The summed E-state index contributed by atoms with van der Waals surface area (Å²) >= 11 is 0. The Morgan fingerprint density at radius 2 is 1.85 bits per heavy atom. The standard InChI is InChI=1S/C28H31NO11/c1-11-23(32)14(29-2)7-18(39-11)40-16-9-28(37,17(31)10-30)8-13-20(16)27(36)22-21(25(13)34)24(33)12-5-4-6-15(38-3)19(12)26(22)35/h4-6,11,14,16,18,23,29-30,32,34,36-37H,7-10H2,1-3H3/t11?,14?,16-,18-,23+,28-/m0/s1. The Labute approximate surface area is 229 Å². The van der Waals surface area contributed by atoms with E-state index in [9.17, 15) is 39.9 Å². The third-order valence-electron chi connectivity index (χ3n) is 8.13. The first-order chi connectivity index (χ1) is 19.0. The molecular weight excluding hydrogens is 526 g/mol. The van der Waals surface area contributed by atoms with Gasteiger partial charge in [0.05, 0.1) is 42.1 Å². The van der Waals surface area contributed by atoms with Gasteiger partial charge >= 0.3 is 0 Å². The van der Waals surface area contributed by atoms with E-state index in [1.54, 1.807) is 14.0 Å². The van der Waals surface area contributed by atoms with Crippen LogP contribution < -0.4 is 10.1 Å². The molecule has 12 heteroatoms. The van der Waals surface area contributed by atoms with E-state index in [4.69, 9.17) is 14.2 Å². The summed E-state index contributed by atoms with van der Waals surface area (Å²) < 4.78 is 17.2. The van der Waals surface area contributed by atoms with Crippen LogP contribution in [0.3, 0.4) is 0 Å². The fraction of sp³-hybridized carbons (Fsp3) is 0.464. The topological polar surface area (TPSA) is 192 Å². The molecule has 2 aliphatic carbocycles. The molecule has 6 atom stereocenters. The third kappa shape index (κ3) is 4.19. The average Bonchev–Trinajstić information content (AvgIpc) is 2.94. The van der Waals surface area contributed by atoms with Crippen molar-refractivity contribution in [3.8, 4) is 17.2 Å². The minimum atomic E-state index is -2.23. The normalized spacial score (nSPS) is 29.4. The number of ketones is 3. The molecule has 1 heterocycles. The Morgan fingerprint density at radius 3 is 2.50 bits per heavy atom. The Bertz CT molecular complexity index is 1410. The van der Waals surface area contributed by atoms with Gasteiger partial charge in [0.1, 0.15) is 29.5 Å². The molecule has 3 aliphatic rings. The second-order valence-corrected chi connectivity index (χ2v) is 10.4. The van der Waals surface area contributed by atoms with Crippen LogP contribution >= 0.6 is 0 Å². The van der Waals surface area contributed by atoms with Crippen LogP contribution in [-0.4, -0.2) is 93.8 Å². The van der Waals surface area contributed by atoms with Crippen molar-refractivity contribution >= 4 is 17.3 Å². The van der Waals surface area contributed by atoms with E-state index < -0.39 is 95.7 Å². The van der Waals surface area contributed by atoms with Crippen LogP contribution in [0.4, 0.5) is 0 Å². The summed E-state index contributed by atoms with van der Waals surface area (Å²) in [7, 11) is 2.99. The molecule has 2 aromatic rings. The molecule has 1 saturated heterocycles. The van der Waals surface area contributed by atoms with Crippen molar-refractivity contribution in [3.63, 3.8) is 0 Å². The first-order valence-corrected chi connectivity index (χ1v) is 12.9. The number of carbonyl (C=O) groups excluding carboxylic acids is 3. The van der Waals surface area contributed by atoms with Gasteiger partial charge in [-0.15, -0.1) is 0 Å². The van der Waals surface area contributed by atoms with E-state index in [0.29, 0.717) is 0 Å². The van der Waals surface area contributed by atoms with Gasteiger partial charge in [-0.3, -0.25) is 14.4 Å². The van der Waals surface area contributed by atoms with Gasteiger partial charge in [0.15, 0.2) is 17.9 Å². The smallest absolute Gasteiger partial charge is 0.202 e. The highest BCUT2D eigenvalue weighted by molar-refractivity contribution is 6.31. The number of ether oxygens (including phenoxy) is 3. The van der Waals surface area contributed by atoms with Gasteiger partial charge in [-0.05, 0) is 20.0 Å². The Hall–Kier alpha value is -3.39. The lowest BCUT2D eigenvalue weighted by molar-refractivity contribution is -0.249. The van der Waals surface area contributed by atoms with Crippen LogP contribution in [0, 0.1) is 0 Å². The molecule has 1 fully saturated rings. The SMILES string of the molecule is CNC1C[C@H](O[C@H]2C[C@](O)(C(=O)CO)Cc3c(O)c4c(c(O)c32)C(=O)c2c(OC)cccc2C4=O)OC(C)[C@H]1O. The lowest BCUT2D eigenvalue weighted by Crippen LogP contribution is -2.53. The number of aromatic hydroxyl groups is 2. The molecule has 40 heavy (non-hydrogen) atoms. The number of benzene rings is 2. The monoisotopic (exact) mass is 557 g/mol. The Morgan fingerprint density at radius 1 is 1.15 bits per heavy atom. The van der Waals surface area contributed by atoms with E-state index in [-0.39, 0.29) is 34.4 Å². The van der Waals surface area contributed by atoms with E-state index in [1.807, 2.05) is 0 Å². The molecular formula is C28H31NO11. The lowest BCUT2D eigenvalue weighted by Gasteiger charge is -2.42. The number of aliphatic hydroxyl groups excluding tert-OH is 2. The minimum Gasteiger partial charge on any atom is -0.507 e. The molecule has 214 valence electrons. The molecule has 1 aliphatic heterocycles. The third-order valence-corrected chi connectivity index (χ3v) is 8.13. The lowest BCUT2D eigenvalue weighted by atomic mass is 9.72. The summed E-state index contributed by atoms with van der Waals surface area (Å²) in [5, 5.41) is 57.1. The number of Topliss-reactive ketones (excluding diaryl/α,β-unsaturated/α-hetero) is 1. The predicted molar refractivity (Wildman–Crippen MR) is 137 cm³/mol. The highest BCUT2D eigenvalue weighted by Crippen LogP contribution is 2.52. The maximum Gasteiger partial charge on any atom is 0.202 e. The van der Waals surface area contributed by atoms with Crippen LogP contribution in [0.1, 0.15) is 68.8 Å². The predicted octanol–water partition coefficient (Wildman–Crippen LogP) is 0.262. The van der Waals surface area contributed by atoms with Crippen molar-refractivity contribution in [1.82, 2.24) is 5.32 Å². The largest absolute Gasteiger partial charge is 0.507 e. The molecule has 2 unspecified atom stereocenters. The molecule has 5 rings (SSSR count). The van der Waals surface area contributed by atoms with Crippen molar-refractivity contribution in [3.05, 3.63) is 51.6 Å². The highest BCUT2D eigenvalue weighted by atomic mass is 16.7. The number of nitrogens with one attached hydrogen (secondary N) is 1. The number of aliphatic hydroxyl groups is 3. The molecule has 0 aromatic heterocycles. The number of phenolic OH excluding ortho intramolecular Hbond substituents is 2. The summed E-state index contributed by atoms with van der Waals surface area (Å²) in [6.07, 6.45) is -4.66. The molecule has 2 aromatic carbocycles. The van der Waals surface area contributed by atoms with Crippen molar-refractivity contribution < 1.29 is 54.1 Å². The van der Waals surface area contributed by atoms with Crippen molar-refractivity contribution in [2.45, 2.75) is 62.4 Å². The number of phenols is 2. The van der Waals surface area contributed by atoms with Crippen LogP contribution in [-0.2, 0) is 20.7 Å². The molecule has 0 saturated carbocycles. The minimum absolute atomic E-state index is 0.0435. The molecule has 0 radical (unpaired) electrons. The van der Waals surface area contributed by atoms with Gasteiger partial charge in [0, 0.05) is 42.0 Å². The Kier molecular flexibility index (Phi) is 7.19. The first-order valence-electron chi connectivity index (χ1n) is 12.9. The van der Waals surface area contributed by atoms with Gasteiger partial charge in [-0.25, -0.2) is 0 Å². The summed E-state index contributed by atoms with van der Waals surface area (Å²) in [5.74, 6) is -3.69. The van der Waals surface area contributed by atoms with E-state index in [1.165, 1.54) is 25.3 Å². The summed E-state index contributed by atoms with van der Waals surface area (Å²) in [6, 6.07) is 3.96. The number of hydrogen-bond acceptors (Lipinski definition) is 12. The number of methoxy groups -OCH3 is 1. The zero-order chi connectivity index (χ0) is 29.1. The molecule has 12 nitrogen and oxygen atoms in total. The molecule has 6 N–H and O–H groups in total. The van der Waals surface area contributed by atoms with E-state index >= 15 is 0 Å². The van der Waals surface area contributed by atoms with Crippen LogP contribution in [0.15, 0.2) is 18.2 Å². The van der Waals surface area contributed by atoms with Gasteiger partial charge in [-0.1, -0.05) is 12.1 Å². The van der Waals surface area contributed by atoms with Crippen molar-refractivity contribution in [1.29, 1.82) is 0 Å². The number of rotatable bonds is 6. The summed E-state index contributed by atoms with van der Waals surface area (Å²) in [6.45, 7) is 0.631. The van der Waals surface area contributed by atoms with Gasteiger partial charge < -0.3 is 45.1 Å². The quantitative estimate of drug-likeness (QED) is 0.227. The van der Waals surface area contributed by atoms with Crippen molar-refractivity contribution in [2.75, 3.05) is 20.8 Å². The number of hydrogen-bond donors (Lipinski definition) is 6. The van der Waals surface area contributed by atoms with Crippen LogP contribution in [0.25, 0.3) is 0 Å². The van der Waals surface area contributed by atoms with Gasteiger partial charge in [0.2, 0.25) is 5.78 Å². The second kappa shape index (κ2) is 10.2. The van der Waals surface area contributed by atoms with E-state index in [2.05, 4.69) is 5.32 Å². The fourth-order valence-corrected chi connectivity index (χ4v) is 6.00. The number of carbonyl (C=O) groups is 3. The zero-order valence-electron chi connectivity index (χ0n) is 22.1. The highest BCUT2D eigenvalue weighted by Gasteiger charge is 2.50.